The number of nitrogens with one attached hydrogen (secondary N) is 1. The molecule has 1 heterocycles. The van der Waals surface area contributed by atoms with Crippen LogP contribution in [0.3, 0.4) is 0 Å². The third-order valence-corrected chi connectivity index (χ3v) is 3.06. The first-order chi connectivity index (χ1) is 6.55. The Morgan fingerprint density at radius 2 is 2.36 bits per heavy atom. The van der Waals surface area contributed by atoms with E-state index in [9.17, 15) is 8.42 Å². The summed E-state index contributed by atoms with van der Waals surface area (Å²) in [5, 5.41) is 12.4. The quantitative estimate of drug-likeness (QED) is 0.653. The molecule has 0 fully saturated rings. The lowest BCUT2D eigenvalue weighted by Gasteiger charge is -2.04. The average Bonchev–Trinajstić information content (AvgIpc) is 2.48. The first-order valence-electron chi connectivity index (χ1n) is 4.10. The van der Waals surface area contributed by atoms with E-state index in [1.165, 1.54) is 0 Å². The van der Waals surface area contributed by atoms with Crippen LogP contribution in [0.25, 0.3) is 0 Å². The average molecular weight is 219 g/mol. The van der Waals surface area contributed by atoms with Crippen molar-refractivity contribution in [2.75, 3.05) is 12.4 Å². The maximum Gasteiger partial charge on any atom is 0.214 e. The minimum absolute atomic E-state index is 0.193. The van der Waals surface area contributed by atoms with Crippen molar-refractivity contribution in [1.29, 1.82) is 0 Å². The number of aliphatic hydroxyl groups excluding tert-OH is 1. The van der Waals surface area contributed by atoms with Crippen molar-refractivity contribution in [2.45, 2.75) is 6.54 Å². The van der Waals surface area contributed by atoms with Crippen LogP contribution >= 0.6 is 0 Å². The molecule has 6 nitrogen and oxygen atoms in total. The molecule has 0 atom stereocenters. The Kier molecular flexibility index (Phi) is 3.62. The van der Waals surface area contributed by atoms with Gasteiger partial charge in [-0.05, 0) is 6.07 Å². The molecule has 80 valence electrons. The zero-order chi connectivity index (χ0) is 10.6. The van der Waals surface area contributed by atoms with E-state index in [0.717, 1.165) is 5.69 Å². The zero-order valence-corrected chi connectivity index (χ0v) is 8.66. The summed E-state index contributed by atoms with van der Waals surface area (Å²) >= 11 is 0. The van der Waals surface area contributed by atoms with Crippen molar-refractivity contribution in [3.63, 3.8) is 0 Å². The summed E-state index contributed by atoms with van der Waals surface area (Å²) in [5.41, 5.74) is 0.770. The Balaban J connectivity index is 2.53. The Morgan fingerprint density at radius 3 is 2.86 bits per heavy atom. The smallest absolute Gasteiger partial charge is 0.214 e. The van der Waals surface area contributed by atoms with Crippen molar-refractivity contribution in [2.24, 2.45) is 7.05 Å². The van der Waals surface area contributed by atoms with Gasteiger partial charge < -0.3 is 5.11 Å². The topological polar surface area (TPSA) is 84.2 Å². The summed E-state index contributed by atoms with van der Waals surface area (Å²) in [6.07, 6.45) is 1.59. The third-order valence-electron chi connectivity index (χ3n) is 1.76. The lowest BCUT2D eigenvalue weighted by Crippen LogP contribution is -2.28. The van der Waals surface area contributed by atoms with Crippen molar-refractivity contribution in [3.05, 3.63) is 18.0 Å². The molecular weight excluding hydrogens is 206 g/mol. The summed E-state index contributed by atoms with van der Waals surface area (Å²) in [6, 6.07) is 1.72. The molecule has 0 radical (unpaired) electrons. The second-order valence-corrected chi connectivity index (χ2v) is 4.74. The Morgan fingerprint density at radius 1 is 1.64 bits per heavy atom. The molecule has 14 heavy (non-hydrogen) atoms. The van der Waals surface area contributed by atoms with Crippen LogP contribution in [0.2, 0.25) is 0 Å². The lowest BCUT2D eigenvalue weighted by atomic mass is 10.4. The first-order valence-corrected chi connectivity index (χ1v) is 5.75. The Labute approximate surface area is 82.6 Å². The molecule has 0 aliphatic heterocycles. The van der Waals surface area contributed by atoms with Gasteiger partial charge in [0.15, 0.2) is 0 Å². The Bertz CT molecular complexity index is 385. The van der Waals surface area contributed by atoms with Crippen LogP contribution in [0.1, 0.15) is 5.69 Å². The molecule has 0 aliphatic carbocycles. The lowest BCUT2D eigenvalue weighted by molar-refractivity contribution is 0.319. The molecule has 0 saturated carbocycles. The highest BCUT2D eigenvalue weighted by Gasteiger charge is 2.09. The fourth-order valence-corrected chi connectivity index (χ4v) is 1.70. The van der Waals surface area contributed by atoms with E-state index in [-0.39, 0.29) is 18.9 Å². The molecule has 0 spiro atoms. The normalized spacial score (nSPS) is 11.9. The molecule has 0 aromatic carbocycles. The van der Waals surface area contributed by atoms with Gasteiger partial charge in [-0.3, -0.25) is 4.68 Å². The number of aromatic nitrogens is 2. The molecule has 1 aromatic rings. The zero-order valence-electron chi connectivity index (χ0n) is 7.84. The highest BCUT2D eigenvalue weighted by molar-refractivity contribution is 7.89. The second-order valence-electron chi connectivity index (χ2n) is 2.81. The van der Waals surface area contributed by atoms with E-state index in [4.69, 9.17) is 5.11 Å². The van der Waals surface area contributed by atoms with Crippen molar-refractivity contribution >= 4 is 10.0 Å². The highest BCUT2D eigenvalue weighted by Crippen LogP contribution is 1.96. The van der Waals surface area contributed by atoms with Crippen molar-refractivity contribution < 1.29 is 13.5 Å². The van der Waals surface area contributed by atoms with Gasteiger partial charge in [-0.2, -0.15) is 5.10 Å². The number of rotatable bonds is 5. The first kappa shape index (κ1) is 11.2. The molecule has 0 unspecified atom stereocenters. The van der Waals surface area contributed by atoms with Gasteiger partial charge in [-0.1, -0.05) is 0 Å². The molecular formula is C7H13N3O3S. The summed E-state index contributed by atoms with van der Waals surface area (Å²) in [6.45, 7) is -0.181. The highest BCUT2D eigenvalue weighted by atomic mass is 32.2. The van der Waals surface area contributed by atoms with Crippen LogP contribution in [-0.4, -0.2) is 35.7 Å². The van der Waals surface area contributed by atoms with Gasteiger partial charge in [0.2, 0.25) is 10.0 Å². The maximum absolute atomic E-state index is 11.1. The van der Waals surface area contributed by atoms with Crippen LogP contribution in [0.5, 0.6) is 0 Å². The number of hydrogen-bond acceptors (Lipinski definition) is 4. The molecule has 0 aliphatic rings. The van der Waals surface area contributed by atoms with Crippen LogP contribution in [0.4, 0.5) is 0 Å². The number of sulfonamides is 1. The van der Waals surface area contributed by atoms with E-state index in [2.05, 4.69) is 9.82 Å². The van der Waals surface area contributed by atoms with Gasteiger partial charge >= 0.3 is 0 Å². The number of hydrogen-bond donors (Lipinski definition) is 2. The molecule has 2 N–H and O–H groups in total. The number of nitrogens with zero attached hydrogens (tertiary/aromatic N) is 2. The predicted octanol–water partition coefficient (Wildman–Crippen LogP) is -1.17. The maximum atomic E-state index is 11.1. The van der Waals surface area contributed by atoms with Gasteiger partial charge in [0.05, 0.1) is 24.6 Å². The van der Waals surface area contributed by atoms with Crippen molar-refractivity contribution in [1.82, 2.24) is 14.5 Å². The van der Waals surface area contributed by atoms with Gasteiger partial charge in [0.25, 0.3) is 0 Å². The van der Waals surface area contributed by atoms with Gasteiger partial charge in [-0.15, -0.1) is 0 Å². The van der Waals surface area contributed by atoms with Crippen LogP contribution < -0.4 is 4.72 Å². The molecule has 1 rings (SSSR count). The second kappa shape index (κ2) is 4.54. The monoisotopic (exact) mass is 219 g/mol. The van der Waals surface area contributed by atoms with E-state index in [1.807, 2.05) is 0 Å². The summed E-state index contributed by atoms with van der Waals surface area (Å²) < 4.78 is 26.2. The summed E-state index contributed by atoms with van der Waals surface area (Å²) in [7, 11) is -1.63. The van der Waals surface area contributed by atoms with E-state index in [0.29, 0.717) is 0 Å². The number of aryl methyl sites for hydroxylation is 1. The summed E-state index contributed by atoms with van der Waals surface area (Å²) in [5.74, 6) is -0.273. The molecule has 0 saturated heterocycles. The van der Waals surface area contributed by atoms with Crippen LogP contribution in [-0.2, 0) is 23.6 Å². The third kappa shape index (κ3) is 3.09. The van der Waals surface area contributed by atoms with E-state index >= 15 is 0 Å². The predicted molar refractivity (Wildman–Crippen MR) is 50.9 cm³/mol. The fraction of sp³-hybridized carbons (Fsp3) is 0.571. The van der Waals surface area contributed by atoms with E-state index in [1.54, 1.807) is 24.0 Å². The van der Waals surface area contributed by atoms with Crippen LogP contribution in [0.15, 0.2) is 12.3 Å². The van der Waals surface area contributed by atoms with Gasteiger partial charge in [0.1, 0.15) is 0 Å². The SMILES string of the molecule is Cn1nccc1CNS(=O)(=O)CCO. The minimum Gasteiger partial charge on any atom is -0.395 e. The van der Waals surface area contributed by atoms with Crippen LogP contribution in [0, 0.1) is 0 Å². The molecule has 7 heteroatoms. The minimum atomic E-state index is -3.37. The van der Waals surface area contributed by atoms with Crippen molar-refractivity contribution in [3.8, 4) is 0 Å². The van der Waals surface area contributed by atoms with Gasteiger partial charge in [0, 0.05) is 13.2 Å². The number of aliphatic hydroxyl groups is 1. The molecule has 1 aromatic heterocycles. The van der Waals surface area contributed by atoms with E-state index < -0.39 is 10.0 Å². The largest absolute Gasteiger partial charge is 0.395 e. The Hall–Kier alpha value is -0.920. The van der Waals surface area contributed by atoms with Gasteiger partial charge in [-0.25, -0.2) is 13.1 Å². The summed E-state index contributed by atoms with van der Waals surface area (Å²) in [4.78, 5) is 0. The molecule has 0 amide bonds. The molecule has 0 bridgehead atoms. The fourth-order valence-electron chi connectivity index (χ4n) is 0.951. The standard InChI is InChI=1S/C7H13N3O3S/c1-10-7(2-3-8-10)6-9-14(12,13)5-4-11/h2-3,9,11H,4-6H2,1H3.